The van der Waals surface area contributed by atoms with E-state index in [1.807, 2.05) is 11.5 Å². The number of hydrogen-bond acceptors (Lipinski definition) is 4. The lowest BCUT2D eigenvalue weighted by atomic mass is 10.4. The summed E-state index contributed by atoms with van der Waals surface area (Å²) in [7, 11) is -3.70. The van der Waals surface area contributed by atoms with Crippen LogP contribution in [0.4, 0.5) is 0 Å². The first-order valence-corrected chi connectivity index (χ1v) is 8.19. The topological polar surface area (TPSA) is 84.3 Å². The Morgan fingerprint density at radius 2 is 2.20 bits per heavy atom. The monoisotopic (exact) mass is 300 g/mol. The Hall–Kier alpha value is -1.41. The number of amides is 1. The highest BCUT2D eigenvalue weighted by molar-refractivity contribution is 7.89. The lowest BCUT2D eigenvalue weighted by molar-refractivity contribution is -0.120. The summed E-state index contributed by atoms with van der Waals surface area (Å²) in [6.07, 6.45) is 3.07. The van der Waals surface area contributed by atoms with E-state index >= 15 is 0 Å². The van der Waals surface area contributed by atoms with Crippen molar-refractivity contribution in [3.63, 3.8) is 0 Å². The molecule has 1 amide bonds. The Morgan fingerprint density at radius 3 is 2.90 bits per heavy atom. The van der Waals surface area contributed by atoms with Crippen LogP contribution in [0.2, 0.25) is 0 Å². The number of hydrogen-bond donors (Lipinski definition) is 1. The van der Waals surface area contributed by atoms with Gasteiger partial charge in [-0.25, -0.2) is 13.4 Å². The molecule has 20 heavy (non-hydrogen) atoms. The number of aryl methyl sites for hydroxylation is 2. The number of rotatable bonds is 4. The molecule has 8 heteroatoms. The Bertz CT molecular complexity index is 594. The SMILES string of the molecule is CCCn1cc(S(=O)(=O)N2CCCNC(=O)C2)nc1C. The van der Waals surface area contributed by atoms with E-state index in [0.717, 1.165) is 13.0 Å². The summed E-state index contributed by atoms with van der Waals surface area (Å²) in [6, 6.07) is 0. The van der Waals surface area contributed by atoms with Crippen molar-refractivity contribution in [1.82, 2.24) is 19.2 Å². The second-order valence-corrected chi connectivity index (χ2v) is 6.75. The van der Waals surface area contributed by atoms with Crippen molar-refractivity contribution in [2.24, 2.45) is 0 Å². The molecular formula is C12H20N4O3S. The zero-order valence-corrected chi connectivity index (χ0v) is 12.6. The molecule has 0 aliphatic carbocycles. The summed E-state index contributed by atoms with van der Waals surface area (Å²) in [5.41, 5.74) is 0. The lowest BCUT2D eigenvalue weighted by Gasteiger charge is -2.16. The number of imidazole rings is 1. The van der Waals surface area contributed by atoms with E-state index in [-0.39, 0.29) is 17.5 Å². The van der Waals surface area contributed by atoms with E-state index in [9.17, 15) is 13.2 Å². The average Bonchev–Trinajstić information content (AvgIpc) is 2.61. The molecule has 7 nitrogen and oxygen atoms in total. The molecule has 1 aliphatic heterocycles. The molecule has 112 valence electrons. The van der Waals surface area contributed by atoms with Crippen LogP contribution in [0.25, 0.3) is 0 Å². The van der Waals surface area contributed by atoms with Crippen LogP contribution in [0.5, 0.6) is 0 Å². The van der Waals surface area contributed by atoms with E-state index in [1.54, 1.807) is 13.1 Å². The molecule has 2 rings (SSSR count). The van der Waals surface area contributed by atoms with Gasteiger partial charge in [-0.1, -0.05) is 6.92 Å². The van der Waals surface area contributed by atoms with Crippen LogP contribution < -0.4 is 5.32 Å². The van der Waals surface area contributed by atoms with Crippen molar-refractivity contribution in [3.05, 3.63) is 12.0 Å². The third-order valence-corrected chi connectivity index (χ3v) is 4.97. The van der Waals surface area contributed by atoms with E-state index in [2.05, 4.69) is 10.3 Å². The summed E-state index contributed by atoms with van der Waals surface area (Å²) in [5, 5.41) is 2.69. The largest absolute Gasteiger partial charge is 0.355 e. The summed E-state index contributed by atoms with van der Waals surface area (Å²) in [6.45, 7) is 5.24. The standard InChI is InChI=1S/C12H20N4O3S/c1-3-6-15-9-12(14-10(15)2)20(18,19)16-7-4-5-13-11(17)8-16/h9H,3-8H2,1-2H3,(H,13,17). The van der Waals surface area contributed by atoms with E-state index in [0.29, 0.717) is 25.3 Å². The molecule has 1 aromatic heterocycles. The maximum absolute atomic E-state index is 12.5. The van der Waals surface area contributed by atoms with Gasteiger partial charge in [-0.2, -0.15) is 4.31 Å². The molecule has 0 saturated carbocycles. The fourth-order valence-corrected chi connectivity index (χ4v) is 3.62. The molecule has 1 aliphatic rings. The minimum Gasteiger partial charge on any atom is -0.355 e. The highest BCUT2D eigenvalue weighted by Crippen LogP contribution is 2.16. The first kappa shape index (κ1) is 15.0. The van der Waals surface area contributed by atoms with E-state index < -0.39 is 10.0 Å². The van der Waals surface area contributed by atoms with Crippen LogP contribution in [0, 0.1) is 6.92 Å². The Kier molecular flexibility index (Phi) is 4.44. The first-order chi connectivity index (χ1) is 9.45. The third kappa shape index (κ3) is 3.01. The Morgan fingerprint density at radius 1 is 1.45 bits per heavy atom. The van der Waals surface area contributed by atoms with Crippen LogP contribution in [0.3, 0.4) is 0 Å². The van der Waals surface area contributed by atoms with Crippen LogP contribution >= 0.6 is 0 Å². The fraction of sp³-hybridized carbons (Fsp3) is 0.667. The van der Waals surface area contributed by atoms with Crippen molar-refractivity contribution in [2.45, 2.75) is 38.3 Å². The van der Waals surface area contributed by atoms with E-state index in [4.69, 9.17) is 0 Å². The molecule has 0 aromatic carbocycles. The van der Waals surface area contributed by atoms with Gasteiger partial charge in [0.25, 0.3) is 10.0 Å². The molecule has 1 aromatic rings. The Labute approximate surface area is 119 Å². The van der Waals surface area contributed by atoms with Gasteiger partial charge in [0.1, 0.15) is 5.82 Å². The maximum atomic E-state index is 12.5. The molecule has 0 unspecified atom stereocenters. The summed E-state index contributed by atoms with van der Waals surface area (Å²) < 4.78 is 28.1. The van der Waals surface area contributed by atoms with Crippen molar-refractivity contribution in [3.8, 4) is 0 Å². The summed E-state index contributed by atoms with van der Waals surface area (Å²) >= 11 is 0. The van der Waals surface area contributed by atoms with Gasteiger partial charge in [0.2, 0.25) is 5.91 Å². The van der Waals surface area contributed by atoms with Crippen molar-refractivity contribution < 1.29 is 13.2 Å². The quantitative estimate of drug-likeness (QED) is 0.855. The van der Waals surface area contributed by atoms with Crippen molar-refractivity contribution >= 4 is 15.9 Å². The van der Waals surface area contributed by atoms with Crippen LogP contribution in [-0.2, 0) is 21.4 Å². The van der Waals surface area contributed by atoms with Gasteiger partial charge < -0.3 is 9.88 Å². The molecule has 1 fully saturated rings. The van der Waals surface area contributed by atoms with Crippen molar-refractivity contribution in [2.75, 3.05) is 19.6 Å². The maximum Gasteiger partial charge on any atom is 0.262 e. The molecule has 0 atom stereocenters. The number of carbonyl (C=O) groups excluding carboxylic acids is 1. The first-order valence-electron chi connectivity index (χ1n) is 6.75. The van der Waals surface area contributed by atoms with Gasteiger partial charge in [0.05, 0.1) is 6.54 Å². The highest BCUT2D eigenvalue weighted by atomic mass is 32.2. The number of sulfonamides is 1. The van der Waals surface area contributed by atoms with Gasteiger partial charge in [-0.15, -0.1) is 0 Å². The number of aromatic nitrogens is 2. The van der Waals surface area contributed by atoms with Crippen LogP contribution in [-0.4, -0.2) is 47.8 Å². The van der Waals surface area contributed by atoms with Crippen LogP contribution in [0.1, 0.15) is 25.6 Å². The molecule has 0 bridgehead atoms. The summed E-state index contributed by atoms with van der Waals surface area (Å²) in [5.74, 6) is 0.403. The van der Waals surface area contributed by atoms with E-state index in [1.165, 1.54) is 4.31 Å². The van der Waals surface area contributed by atoms with Crippen LogP contribution in [0.15, 0.2) is 11.2 Å². The molecule has 0 spiro atoms. The minimum absolute atomic E-state index is 0.0261. The highest BCUT2D eigenvalue weighted by Gasteiger charge is 2.30. The van der Waals surface area contributed by atoms with Crippen molar-refractivity contribution in [1.29, 1.82) is 0 Å². The molecule has 0 radical (unpaired) electrons. The number of carbonyl (C=O) groups is 1. The number of nitrogens with one attached hydrogen (secondary N) is 1. The molecular weight excluding hydrogens is 280 g/mol. The van der Waals surface area contributed by atoms with Gasteiger partial charge in [0.15, 0.2) is 5.03 Å². The predicted molar refractivity (Wildman–Crippen MR) is 73.6 cm³/mol. The minimum atomic E-state index is -3.70. The average molecular weight is 300 g/mol. The number of nitrogens with zero attached hydrogens (tertiary/aromatic N) is 3. The second-order valence-electron chi connectivity index (χ2n) is 4.86. The lowest BCUT2D eigenvalue weighted by Crippen LogP contribution is -2.37. The molecule has 1 N–H and O–H groups in total. The zero-order chi connectivity index (χ0) is 14.8. The van der Waals surface area contributed by atoms with Gasteiger partial charge in [-0.3, -0.25) is 4.79 Å². The molecule has 2 heterocycles. The second kappa shape index (κ2) is 5.92. The smallest absolute Gasteiger partial charge is 0.262 e. The normalized spacial score (nSPS) is 17.8. The summed E-state index contributed by atoms with van der Waals surface area (Å²) in [4.78, 5) is 15.6. The fourth-order valence-electron chi connectivity index (χ4n) is 2.19. The Balaban J connectivity index is 2.29. The predicted octanol–water partition coefficient (Wildman–Crippen LogP) is 0.112. The van der Waals surface area contributed by atoms with Gasteiger partial charge in [-0.05, 0) is 19.8 Å². The third-order valence-electron chi connectivity index (χ3n) is 3.25. The van der Waals surface area contributed by atoms with Gasteiger partial charge >= 0.3 is 0 Å². The van der Waals surface area contributed by atoms with Gasteiger partial charge in [0, 0.05) is 25.8 Å². The zero-order valence-electron chi connectivity index (χ0n) is 11.8. The molecule has 1 saturated heterocycles.